The van der Waals surface area contributed by atoms with Crippen molar-refractivity contribution in [3.8, 4) is 0 Å². The van der Waals surface area contributed by atoms with Crippen LogP contribution in [0.2, 0.25) is 5.02 Å². The quantitative estimate of drug-likeness (QED) is 0.609. The van der Waals surface area contributed by atoms with E-state index in [9.17, 15) is 9.59 Å². The molecule has 2 rings (SSSR count). The zero-order valence-corrected chi connectivity index (χ0v) is 17.1. The minimum Gasteiger partial charge on any atom is -0.445 e. The molecule has 0 aromatic heterocycles. The van der Waals surface area contributed by atoms with E-state index in [4.69, 9.17) is 16.3 Å². The zero-order chi connectivity index (χ0) is 20.4. The van der Waals surface area contributed by atoms with Gasteiger partial charge in [0.25, 0.3) is 0 Å². The monoisotopic (exact) mass is 402 g/mol. The van der Waals surface area contributed by atoms with Gasteiger partial charge in [0, 0.05) is 29.9 Å². The van der Waals surface area contributed by atoms with Gasteiger partial charge in [0.05, 0.1) is 0 Å². The summed E-state index contributed by atoms with van der Waals surface area (Å²) >= 11 is 5.92. The lowest BCUT2D eigenvalue weighted by Gasteiger charge is -2.25. The maximum Gasteiger partial charge on any atom is 0.407 e. The molecule has 6 heteroatoms. The first-order valence-corrected chi connectivity index (χ1v) is 9.72. The van der Waals surface area contributed by atoms with Crippen LogP contribution in [-0.2, 0) is 21.6 Å². The van der Waals surface area contributed by atoms with Crippen LogP contribution in [0.1, 0.15) is 37.8 Å². The van der Waals surface area contributed by atoms with Crippen molar-refractivity contribution in [2.24, 2.45) is 0 Å². The summed E-state index contributed by atoms with van der Waals surface area (Å²) in [5, 5.41) is 6.31. The molecular weight excluding hydrogens is 376 g/mol. The Hall–Kier alpha value is -2.53. The van der Waals surface area contributed by atoms with Gasteiger partial charge in [-0.15, -0.1) is 0 Å². The molecule has 2 amide bonds. The average molecular weight is 403 g/mol. The molecule has 5 nitrogen and oxygen atoms in total. The molecule has 150 valence electrons. The van der Waals surface area contributed by atoms with Crippen LogP contribution in [0.15, 0.2) is 54.6 Å². The Morgan fingerprint density at radius 1 is 1.00 bits per heavy atom. The summed E-state index contributed by atoms with van der Waals surface area (Å²) in [5.74, 6) is -0.0403. The van der Waals surface area contributed by atoms with Gasteiger partial charge in [0.1, 0.15) is 6.61 Å². The second-order valence-electron chi connectivity index (χ2n) is 7.26. The average Bonchev–Trinajstić information content (AvgIpc) is 2.69. The predicted molar refractivity (Wildman–Crippen MR) is 111 cm³/mol. The standard InChI is InChI=1S/C22H27ClN2O3/c1-22(2,18-10-12-19(23)13-11-18)16-25-20(26)9-6-14-24-21(27)28-15-17-7-4-3-5-8-17/h3-5,7-8,10-13H,6,9,14-16H2,1-2H3,(H,24,27)(H,25,26). The Morgan fingerprint density at radius 2 is 1.68 bits per heavy atom. The Balaban J connectivity index is 1.60. The SMILES string of the molecule is CC(C)(CNC(=O)CCCNC(=O)OCc1ccccc1)c1ccc(Cl)cc1. The second-order valence-corrected chi connectivity index (χ2v) is 7.70. The molecule has 28 heavy (non-hydrogen) atoms. The molecule has 0 saturated heterocycles. The van der Waals surface area contributed by atoms with E-state index in [0.29, 0.717) is 31.0 Å². The number of rotatable bonds is 9. The normalized spacial score (nSPS) is 11.0. The van der Waals surface area contributed by atoms with Gasteiger partial charge in [-0.1, -0.05) is 67.9 Å². The zero-order valence-electron chi connectivity index (χ0n) is 16.3. The third-order valence-corrected chi connectivity index (χ3v) is 4.67. The summed E-state index contributed by atoms with van der Waals surface area (Å²) in [6, 6.07) is 17.1. The van der Waals surface area contributed by atoms with Crippen molar-refractivity contribution in [1.29, 1.82) is 0 Å². The molecule has 0 aliphatic rings. The fourth-order valence-electron chi connectivity index (χ4n) is 2.62. The highest BCUT2D eigenvalue weighted by atomic mass is 35.5. The molecule has 0 heterocycles. The molecule has 0 aliphatic carbocycles. The molecule has 0 saturated carbocycles. The van der Waals surface area contributed by atoms with E-state index in [1.165, 1.54) is 0 Å². The predicted octanol–water partition coefficient (Wildman–Crippen LogP) is 4.44. The minimum absolute atomic E-state index is 0.0403. The molecule has 0 spiro atoms. The maximum atomic E-state index is 12.1. The number of amides is 2. The minimum atomic E-state index is -0.479. The van der Waals surface area contributed by atoms with Gasteiger partial charge < -0.3 is 15.4 Å². The molecule has 0 radical (unpaired) electrons. The van der Waals surface area contributed by atoms with E-state index in [-0.39, 0.29) is 17.9 Å². The number of alkyl carbamates (subject to hydrolysis) is 1. The van der Waals surface area contributed by atoms with E-state index in [1.807, 2.05) is 54.6 Å². The molecule has 2 aromatic carbocycles. The number of hydrogen-bond donors (Lipinski definition) is 2. The third kappa shape index (κ3) is 7.61. The lowest BCUT2D eigenvalue weighted by atomic mass is 9.84. The van der Waals surface area contributed by atoms with Crippen molar-refractivity contribution in [2.75, 3.05) is 13.1 Å². The molecular formula is C22H27ClN2O3. The summed E-state index contributed by atoms with van der Waals surface area (Å²) in [6.45, 7) is 5.29. The summed E-state index contributed by atoms with van der Waals surface area (Å²) in [4.78, 5) is 23.7. The van der Waals surface area contributed by atoms with Crippen LogP contribution >= 0.6 is 11.6 Å². The highest BCUT2D eigenvalue weighted by molar-refractivity contribution is 6.30. The highest BCUT2D eigenvalue weighted by Crippen LogP contribution is 2.23. The lowest BCUT2D eigenvalue weighted by molar-refractivity contribution is -0.121. The Bertz CT molecular complexity index is 761. The molecule has 0 bridgehead atoms. The Kier molecular flexibility index (Phi) is 8.33. The topological polar surface area (TPSA) is 67.4 Å². The van der Waals surface area contributed by atoms with Crippen LogP contribution < -0.4 is 10.6 Å². The van der Waals surface area contributed by atoms with Crippen LogP contribution in [0.4, 0.5) is 4.79 Å². The smallest absolute Gasteiger partial charge is 0.407 e. The number of carbonyl (C=O) groups is 2. The van der Waals surface area contributed by atoms with Crippen LogP contribution in [0.25, 0.3) is 0 Å². The van der Waals surface area contributed by atoms with Crippen molar-refractivity contribution < 1.29 is 14.3 Å². The van der Waals surface area contributed by atoms with E-state index in [0.717, 1.165) is 11.1 Å². The van der Waals surface area contributed by atoms with Gasteiger partial charge in [0.2, 0.25) is 5.91 Å². The first kappa shape index (κ1) is 21.8. The van der Waals surface area contributed by atoms with Crippen molar-refractivity contribution in [2.45, 2.75) is 38.7 Å². The number of carbonyl (C=O) groups excluding carboxylic acids is 2. The second kappa shape index (κ2) is 10.7. The van der Waals surface area contributed by atoms with Crippen molar-refractivity contribution in [3.63, 3.8) is 0 Å². The first-order valence-electron chi connectivity index (χ1n) is 9.34. The lowest BCUT2D eigenvalue weighted by Crippen LogP contribution is -2.37. The summed E-state index contributed by atoms with van der Waals surface area (Å²) in [6.07, 6.45) is 0.414. The van der Waals surface area contributed by atoms with E-state index >= 15 is 0 Å². The fourth-order valence-corrected chi connectivity index (χ4v) is 2.75. The van der Waals surface area contributed by atoms with Crippen LogP contribution in [0.5, 0.6) is 0 Å². The number of halogens is 1. The van der Waals surface area contributed by atoms with Crippen molar-refractivity contribution in [3.05, 3.63) is 70.7 Å². The van der Waals surface area contributed by atoms with Crippen LogP contribution in [0, 0.1) is 0 Å². The molecule has 2 aromatic rings. The molecule has 0 atom stereocenters. The molecule has 0 aliphatic heterocycles. The number of hydrogen-bond acceptors (Lipinski definition) is 3. The molecule has 0 unspecified atom stereocenters. The van der Waals surface area contributed by atoms with Crippen LogP contribution in [0.3, 0.4) is 0 Å². The first-order chi connectivity index (χ1) is 13.4. The van der Waals surface area contributed by atoms with Gasteiger partial charge in [-0.2, -0.15) is 0 Å². The van der Waals surface area contributed by atoms with E-state index < -0.39 is 6.09 Å². The summed E-state index contributed by atoms with van der Waals surface area (Å²) in [7, 11) is 0. The van der Waals surface area contributed by atoms with Gasteiger partial charge in [-0.25, -0.2) is 4.79 Å². The third-order valence-electron chi connectivity index (χ3n) is 4.42. The molecule has 0 fully saturated rings. The Labute approximate surface area is 171 Å². The highest BCUT2D eigenvalue weighted by Gasteiger charge is 2.21. The number of ether oxygens (including phenoxy) is 1. The summed E-state index contributed by atoms with van der Waals surface area (Å²) in [5.41, 5.74) is 1.85. The van der Waals surface area contributed by atoms with Crippen molar-refractivity contribution in [1.82, 2.24) is 10.6 Å². The van der Waals surface area contributed by atoms with Gasteiger partial charge in [-0.05, 0) is 29.7 Å². The largest absolute Gasteiger partial charge is 0.445 e. The molecule has 2 N–H and O–H groups in total. The van der Waals surface area contributed by atoms with Gasteiger partial charge in [-0.3, -0.25) is 4.79 Å². The van der Waals surface area contributed by atoms with Gasteiger partial charge in [0.15, 0.2) is 0 Å². The van der Waals surface area contributed by atoms with E-state index in [1.54, 1.807) is 0 Å². The summed E-state index contributed by atoms with van der Waals surface area (Å²) < 4.78 is 5.12. The van der Waals surface area contributed by atoms with E-state index in [2.05, 4.69) is 24.5 Å². The van der Waals surface area contributed by atoms with Crippen molar-refractivity contribution >= 4 is 23.6 Å². The number of benzene rings is 2. The maximum absolute atomic E-state index is 12.1. The van der Waals surface area contributed by atoms with Gasteiger partial charge >= 0.3 is 6.09 Å². The Morgan fingerprint density at radius 3 is 2.36 bits per heavy atom. The van der Waals surface area contributed by atoms with Crippen LogP contribution in [-0.4, -0.2) is 25.1 Å². The number of nitrogens with one attached hydrogen (secondary N) is 2. The fraction of sp³-hybridized carbons (Fsp3) is 0.364.